The molecular weight excluding hydrogens is 322 g/mol. The highest BCUT2D eigenvalue weighted by atomic mass is 16.6. The Balaban J connectivity index is 2.82. The quantitative estimate of drug-likeness (QED) is 0.333. The lowest BCUT2D eigenvalue weighted by Crippen LogP contribution is -2.65. The number of ether oxygens (including phenoxy) is 2. The van der Waals surface area contributed by atoms with Gasteiger partial charge >= 0.3 is 5.97 Å². The number of aliphatic carboxylic acids is 1. The predicted octanol–water partition coefficient (Wildman–Crippen LogP) is -1.02. The van der Waals surface area contributed by atoms with Gasteiger partial charge < -0.3 is 35.2 Å². The minimum atomic E-state index is -1.54. The van der Waals surface area contributed by atoms with Gasteiger partial charge in [0.1, 0.15) is 24.4 Å². The molecule has 0 aromatic rings. The van der Waals surface area contributed by atoms with Gasteiger partial charge in [-0.2, -0.15) is 0 Å². The highest BCUT2D eigenvalue weighted by Crippen LogP contribution is 2.24. The third kappa shape index (κ3) is 5.67. The van der Waals surface area contributed by atoms with E-state index >= 15 is 0 Å². The van der Waals surface area contributed by atoms with E-state index < -0.39 is 49.3 Å². The number of hydrogen-bond acceptors (Lipinski definition) is 7. The second-order valence-corrected chi connectivity index (χ2v) is 5.87. The lowest BCUT2D eigenvalue weighted by Gasteiger charge is -2.43. The molecule has 1 fully saturated rings. The third-order valence-corrected chi connectivity index (χ3v) is 3.92. The van der Waals surface area contributed by atoms with Crippen LogP contribution in [0.1, 0.15) is 39.5 Å². The molecule has 140 valence electrons. The Bertz CT molecular complexity index is 418. The van der Waals surface area contributed by atoms with Crippen LogP contribution >= 0.6 is 0 Å². The first kappa shape index (κ1) is 20.8. The molecule has 24 heavy (non-hydrogen) atoms. The molecule has 0 spiro atoms. The summed E-state index contributed by atoms with van der Waals surface area (Å²) in [6.45, 7) is 2.68. The van der Waals surface area contributed by atoms with E-state index in [4.69, 9.17) is 14.6 Å². The molecule has 1 aliphatic heterocycles. The Morgan fingerprint density at radius 1 is 1.29 bits per heavy atom. The van der Waals surface area contributed by atoms with Crippen LogP contribution in [0.4, 0.5) is 0 Å². The minimum absolute atomic E-state index is 0.234. The fourth-order valence-electron chi connectivity index (χ4n) is 2.49. The monoisotopic (exact) mass is 349 g/mol. The highest BCUT2D eigenvalue weighted by Gasteiger charge is 2.47. The molecule has 0 radical (unpaired) electrons. The average molecular weight is 349 g/mol. The van der Waals surface area contributed by atoms with Gasteiger partial charge in [-0.25, -0.2) is 4.79 Å². The molecule has 6 atom stereocenters. The molecule has 9 heteroatoms. The molecule has 0 aromatic carbocycles. The third-order valence-electron chi connectivity index (χ3n) is 3.92. The Hall–Kier alpha value is -1.26. The lowest BCUT2D eigenvalue weighted by molar-refractivity contribution is -0.267. The summed E-state index contributed by atoms with van der Waals surface area (Å²) < 4.78 is 10.4. The maximum absolute atomic E-state index is 12.0. The van der Waals surface area contributed by atoms with Gasteiger partial charge in [-0.1, -0.05) is 19.8 Å². The molecule has 1 saturated heterocycles. The molecule has 1 aliphatic rings. The zero-order valence-corrected chi connectivity index (χ0v) is 13.9. The van der Waals surface area contributed by atoms with Gasteiger partial charge in [-0.05, 0) is 13.3 Å². The number of aliphatic hydroxyl groups is 3. The number of carboxylic acid groups (broad SMARTS) is 1. The van der Waals surface area contributed by atoms with E-state index in [2.05, 4.69) is 5.32 Å². The van der Waals surface area contributed by atoms with Crippen molar-refractivity contribution in [3.8, 4) is 0 Å². The van der Waals surface area contributed by atoms with E-state index in [1.54, 1.807) is 0 Å². The summed E-state index contributed by atoms with van der Waals surface area (Å²) in [4.78, 5) is 23.0. The van der Waals surface area contributed by atoms with Crippen LogP contribution in [0.5, 0.6) is 0 Å². The molecule has 1 heterocycles. The van der Waals surface area contributed by atoms with Gasteiger partial charge in [0.15, 0.2) is 12.4 Å². The molecule has 9 nitrogen and oxygen atoms in total. The van der Waals surface area contributed by atoms with Crippen LogP contribution in [0, 0.1) is 0 Å². The first-order valence-electron chi connectivity index (χ1n) is 8.11. The molecular formula is C15H27NO8. The summed E-state index contributed by atoms with van der Waals surface area (Å²) in [7, 11) is 0. The maximum atomic E-state index is 12.0. The number of rotatable bonds is 9. The fourth-order valence-corrected chi connectivity index (χ4v) is 2.49. The van der Waals surface area contributed by atoms with Gasteiger partial charge in [0.25, 0.3) is 0 Å². The fraction of sp³-hybridized carbons (Fsp3) is 0.867. The molecule has 1 rings (SSSR count). The van der Waals surface area contributed by atoms with E-state index in [9.17, 15) is 24.9 Å². The number of nitrogens with one attached hydrogen (secondary N) is 1. The Morgan fingerprint density at radius 2 is 1.96 bits per heavy atom. The summed E-state index contributed by atoms with van der Waals surface area (Å²) in [6.07, 6.45) is -3.85. The average Bonchev–Trinajstić information content (AvgIpc) is 2.53. The lowest BCUT2D eigenvalue weighted by atomic mass is 9.96. The minimum Gasteiger partial charge on any atom is -0.479 e. The van der Waals surface area contributed by atoms with Crippen molar-refractivity contribution >= 4 is 11.9 Å². The second kappa shape index (κ2) is 9.90. The predicted molar refractivity (Wildman–Crippen MR) is 82.0 cm³/mol. The summed E-state index contributed by atoms with van der Waals surface area (Å²) in [6, 6.07) is -1.14. The molecule has 0 aromatic heterocycles. The van der Waals surface area contributed by atoms with E-state index in [1.807, 2.05) is 6.92 Å². The molecule has 5 N–H and O–H groups in total. The van der Waals surface area contributed by atoms with Crippen LogP contribution in [0.15, 0.2) is 0 Å². The van der Waals surface area contributed by atoms with Crippen molar-refractivity contribution in [2.45, 2.75) is 76.3 Å². The van der Waals surface area contributed by atoms with Crippen molar-refractivity contribution in [2.75, 3.05) is 6.61 Å². The van der Waals surface area contributed by atoms with E-state index in [-0.39, 0.29) is 12.3 Å². The summed E-state index contributed by atoms with van der Waals surface area (Å²) in [5, 5.41) is 40.9. The van der Waals surface area contributed by atoms with Crippen molar-refractivity contribution in [2.24, 2.45) is 0 Å². The van der Waals surface area contributed by atoms with Crippen molar-refractivity contribution in [3.63, 3.8) is 0 Å². The van der Waals surface area contributed by atoms with E-state index in [1.165, 1.54) is 6.92 Å². The summed E-state index contributed by atoms with van der Waals surface area (Å²) in [5.41, 5.74) is 0. The zero-order valence-electron chi connectivity index (χ0n) is 13.9. The number of carbonyl (C=O) groups excluding carboxylic acids is 1. The highest BCUT2D eigenvalue weighted by molar-refractivity contribution is 5.76. The number of carbonyl (C=O) groups is 2. The zero-order chi connectivity index (χ0) is 18.3. The van der Waals surface area contributed by atoms with Crippen molar-refractivity contribution in [1.29, 1.82) is 0 Å². The SMILES string of the molecule is CCCCCC(=O)N[C@H]1C(O)O[C@H](CO)[C@@H](O)[C@@H]1O[C@H](C)C(=O)O. The Labute approximate surface area is 140 Å². The largest absolute Gasteiger partial charge is 0.479 e. The first-order chi connectivity index (χ1) is 11.3. The molecule has 0 saturated carbocycles. The van der Waals surface area contributed by atoms with Gasteiger partial charge in [-0.15, -0.1) is 0 Å². The van der Waals surface area contributed by atoms with E-state index in [0.29, 0.717) is 6.42 Å². The number of carboxylic acids is 1. The number of aliphatic hydroxyl groups excluding tert-OH is 3. The Kier molecular flexibility index (Phi) is 8.57. The summed E-state index contributed by atoms with van der Waals surface area (Å²) in [5.74, 6) is -1.61. The second-order valence-electron chi connectivity index (χ2n) is 5.87. The maximum Gasteiger partial charge on any atom is 0.332 e. The van der Waals surface area contributed by atoms with Crippen molar-refractivity contribution < 1.29 is 39.5 Å². The smallest absolute Gasteiger partial charge is 0.332 e. The summed E-state index contributed by atoms with van der Waals surface area (Å²) >= 11 is 0. The first-order valence-corrected chi connectivity index (χ1v) is 8.11. The molecule has 1 amide bonds. The van der Waals surface area contributed by atoms with Crippen LogP contribution in [0.3, 0.4) is 0 Å². The van der Waals surface area contributed by atoms with E-state index in [0.717, 1.165) is 12.8 Å². The van der Waals surface area contributed by atoms with Gasteiger partial charge in [0, 0.05) is 6.42 Å². The molecule has 0 aliphatic carbocycles. The van der Waals surface area contributed by atoms with Gasteiger partial charge in [-0.3, -0.25) is 4.79 Å². The van der Waals surface area contributed by atoms with Crippen LogP contribution < -0.4 is 5.32 Å². The van der Waals surface area contributed by atoms with Crippen LogP contribution in [0.2, 0.25) is 0 Å². The normalized spacial score (nSPS) is 31.5. The molecule has 1 unspecified atom stereocenters. The number of unbranched alkanes of at least 4 members (excludes halogenated alkanes) is 2. The number of hydrogen-bond donors (Lipinski definition) is 5. The molecule has 0 bridgehead atoms. The van der Waals surface area contributed by atoms with Crippen LogP contribution in [-0.4, -0.2) is 75.7 Å². The standard InChI is InChI=1S/C15H27NO8/c1-3-4-5-6-10(18)16-11-13(23-8(2)14(20)21)12(19)9(7-17)24-15(11)22/h8-9,11-13,15,17,19,22H,3-7H2,1-2H3,(H,16,18)(H,20,21)/t8-,9-,11-,12-,13-,15?/m1/s1. The van der Waals surface area contributed by atoms with Crippen molar-refractivity contribution in [1.82, 2.24) is 5.32 Å². The van der Waals surface area contributed by atoms with Crippen molar-refractivity contribution in [3.05, 3.63) is 0 Å². The number of amides is 1. The Morgan fingerprint density at radius 3 is 2.50 bits per heavy atom. The van der Waals surface area contributed by atoms with Crippen LogP contribution in [-0.2, 0) is 19.1 Å². The van der Waals surface area contributed by atoms with Gasteiger partial charge in [0.05, 0.1) is 6.61 Å². The topological polar surface area (TPSA) is 146 Å². The van der Waals surface area contributed by atoms with Gasteiger partial charge in [0.2, 0.25) is 5.91 Å². The van der Waals surface area contributed by atoms with Crippen LogP contribution in [0.25, 0.3) is 0 Å².